The summed E-state index contributed by atoms with van der Waals surface area (Å²) in [5, 5.41) is 4.21. The summed E-state index contributed by atoms with van der Waals surface area (Å²) in [6.45, 7) is 3.18. The van der Waals surface area contributed by atoms with Gasteiger partial charge in [-0.15, -0.1) is 0 Å². The Kier molecular flexibility index (Phi) is 3.27. The van der Waals surface area contributed by atoms with Crippen LogP contribution in [-0.2, 0) is 14.8 Å². The maximum Gasteiger partial charge on any atom is 0.214 e. The van der Waals surface area contributed by atoms with Crippen LogP contribution < -0.4 is 5.14 Å². The third kappa shape index (κ3) is 2.64. The van der Waals surface area contributed by atoms with Crippen LogP contribution >= 0.6 is 0 Å². The molecule has 0 saturated carbocycles. The van der Waals surface area contributed by atoms with Crippen molar-refractivity contribution < 1.29 is 13.2 Å². The zero-order valence-corrected chi connectivity index (χ0v) is 7.18. The summed E-state index contributed by atoms with van der Waals surface area (Å²) >= 11 is 0. The highest BCUT2D eigenvalue weighted by Crippen LogP contribution is 2.03. The molecule has 0 amide bonds. The number of ether oxygens (including phenoxy) is 1. The molecule has 5 heteroatoms. The van der Waals surface area contributed by atoms with Crippen LogP contribution in [0.15, 0.2) is 0 Å². The van der Waals surface area contributed by atoms with Crippen molar-refractivity contribution in [1.29, 1.82) is 0 Å². The van der Waals surface area contributed by atoms with E-state index < -0.39 is 15.3 Å². The van der Waals surface area contributed by atoms with Crippen molar-refractivity contribution >= 4 is 10.0 Å². The molecule has 0 saturated heterocycles. The van der Waals surface area contributed by atoms with Crippen LogP contribution in [0.5, 0.6) is 0 Å². The molecule has 0 aromatic carbocycles. The lowest BCUT2D eigenvalue weighted by molar-refractivity contribution is 0.117. The molecule has 0 bridgehead atoms. The molecule has 0 rings (SSSR count). The van der Waals surface area contributed by atoms with Gasteiger partial charge < -0.3 is 4.74 Å². The first kappa shape index (κ1) is 9.87. The molecule has 0 aliphatic heterocycles. The van der Waals surface area contributed by atoms with Gasteiger partial charge in [0.25, 0.3) is 0 Å². The molecule has 2 atom stereocenters. The quantitative estimate of drug-likeness (QED) is 0.627. The van der Waals surface area contributed by atoms with E-state index in [0.29, 0.717) is 0 Å². The Bertz CT molecular complexity index is 187. The fraction of sp³-hybridized carbons (Fsp3) is 1.00. The Hall–Kier alpha value is -0.130. The van der Waals surface area contributed by atoms with E-state index in [1.165, 1.54) is 14.0 Å². The smallest absolute Gasteiger partial charge is 0.214 e. The summed E-state index contributed by atoms with van der Waals surface area (Å²) in [5.74, 6) is 0. The average molecular weight is 167 g/mol. The van der Waals surface area contributed by atoms with Gasteiger partial charge in [-0.3, -0.25) is 0 Å². The van der Waals surface area contributed by atoms with Gasteiger partial charge in [-0.1, -0.05) is 0 Å². The van der Waals surface area contributed by atoms with Crippen molar-refractivity contribution in [2.45, 2.75) is 25.2 Å². The summed E-state index contributed by atoms with van der Waals surface area (Å²) in [5.41, 5.74) is 0. The molecular weight excluding hydrogens is 154 g/mol. The van der Waals surface area contributed by atoms with Crippen LogP contribution in [0.1, 0.15) is 13.8 Å². The first-order valence-electron chi connectivity index (χ1n) is 2.94. The summed E-state index contributed by atoms with van der Waals surface area (Å²) in [4.78, 5) is 0. The number of hydrogen-bond donors (Lipinski definition) is 1. The highest BCUT2D eigenvalue weighted by atomic mass is 32.2. The average Bonchev–Trinajstić information content (AvgIpc) is 1.83. The van der Waals surface area contributed by atoms with Gasteiger partial charge in [0.2, 0.25) is 10.0 Å². The zero-order chi connectivity index (χ0) is 8.36. The van der Waals surface area contributed by atoms with E-state index in [1.54, 1.807) is 6.92 Å². The van der Waals surface area contributed by atoms with Gasteiger partial charge in [-0.25, -0.2) is 13.6 Å². The highest BCUT2D eigenvalue weighted by molar-refractivity contribution is 7.89. The molecule has 0 fully saturated rings. The van der Waals surface area contributed by atoms with Crippen LogP contribution in [0.3, 0.4) is 0 Å². The fourth-order valence-corrected chi connectivity index (χ4v) is 1.10. The Labute approximate surface area is 61.4 Å². The van der Waals surface area contributed by atoms with E-state index in [1.807, 2.05) is 0 Å². The zero-order valence-electron chi connectivity index (χ0n) is 6.37. The number of sulfonamides is 1. The molecule has 62 valence electrons. The molecule has 0 aliphatic rings. The maximum atomic E-state index is 10.6. The van der Waals surface area contributed by atoms with E-state index >= 15 is 0 Å². The van der Waals surface area contributed by atoms with Crippen LogP contribution in [0.25, 0.3) is 0 Å². The lowest BCUT2D eigenvalue weighted by atomic mass is 10.3. The van der Waals surface area contributed by atoms with Gasteiger partial charge in [0.05, 0.1) is 11.4 Å². The molecule has 0 aromatic heterocycles. The van der Waals surface area contributed by atoms with E-state index in [4.69, 9.17) is 9.88 Å². The molecular formula is C5H13NO3S. The molecule has 2 N–H and O–H groups in total. The van der Waals surface area contributed by atoms with Gasteiger partial charge in [0.15, 0.2) is 0 Å². The maximum absolute atomic E-state index is 10.6. The molecule has 0 radical (unpaired) electrons. The third-order valence-electron chi connectivity index (χ3n) is 1.55. The van der Waals surface area contributed by atoms with Crippen LogP contribution in [0, 0.1) is 0 Å². The SMILES string of the molecule is CO[C@H](C)[C@H](C)S(N)(=O)=O. The molecule has 0 heterocycles. The monoisotopic (exact) mass is 167 g/mol. The van der Waals surface area contributed by atoms with Gasteiger partial charge in [0, 0.05) is 7.11 Å². The number of nitrogens with two attached hydrogens (primary N) is 1. The molecule has 0 aliphatic carbocycles. The summed E-state index contributed by atoms with van der Waals surface area (Å²) < 4.78 is 26.0. The second-order valence-corrected chi connectivity index (χ2v) is 4.16. The van der Waals surface area contributed by atoms with Gasteiger partial charge in [-0.05, 0) is 13.8 Å². The van der Waals surface area contributed by atoms with E-state index in [9.17, 15) is 8.42 Å². The predicted molar refractivity (Wildman–Crippen MR) is 39.0 cm³/mol. The van der Waals surface area contributed by atoms with Gasteiger partial charge >= 0.3 is 0 Å². The minimum atomic E-state index is -3.44. The Morgan fingerprint density at radius 2 is 1.80 bits per heavy atom. The predicted octanol–water partition coefficient (Wildman–Crippen LogP) is -0.302. The summed E-state index contributed by atoms with van der Waals surface area (Å²) in [6, 6.07) is 0. The molecule has 4 nitrogen and oxygen atoms in total. The standard InChI is InChI=1S/C5H13NO3S/c1-4(9-3)5(2)10(6,7)8/h4-5H,1-3H3,(H2,6,7,8)/t4-,5+/m1/s1. The normalized spacial score (nSPS) is 18.4. The number of hydrogen-bond acceptors (Lipinski definition) is 3. The van der Waals surface area contributed by atoms with Crippen molar-refractivity contribution in [3.05, 3.63) is 0 Å². The number of primary sulfonamides is 1. The van der Waals surface area contributed by atoms with Crippen molar-refractivity contribution in [3.8, 4) is 0 Å². The van der Waals surface area contributed by atoms with Gasteiger partial charge in [0.1, 0.15) is 0 Å². The van der Waals surface area contributed by atoms with Crippen LogP contribution in [-0.4, -0.2) is 26.9 Å². The lowest BCUT2D eigenvalue weighted by Gasteiger charge is -2.15. The first-order valence-corrected chi connectivity index (χ1v) is 4.55. The van der Waals surface area contributed by atoms with Crippen molar-refractivity contribution in [2.24, 2.45) is 5.14 Å². The van der Waals surface area contributed by atoms with Crippen LogP contribution in [0.2, 0.25) is 0 Å². The third-order valence-corrected chi connectivity index (χ3v) is 2.97. The molecule has 0 spiro atoms. The Morgan fingerprint density at radius 1 is 1.40 bits per heavy atom. The van der Waals surface area contributed by atoms with E-state index in [-0.39, 0.29) is 6.10 Å². The summed E-state index contributed by atoms with van der Waals surface area (Å²) in [6.07, 6.45) is -0.352. The molecule has 0 unspecified atom stereocenters. The second kappa shape index (κ2) is 3.32. The molecule has 10 heavy (non-hydrogen) atoms. The first-order chi connectivity index (χ1) is 4.39. The van der Waals surface area contributed by atoms with E-state index in [0.717, 1.165) is 0 Å². The largest absolute Gasteiger partial charge is 0.380 e. The van der Waals surface area contributed by atoms with E-state index in [2.05, 4.69) is 0 Å². The lowest BCUT2D eigenvalue weighted by Crippen LogP contribution is -2.35. The molecule has 0 aromatic rings. The highest BCUT2D eigenvalue weighted by Gasteiger charge is 2.21. The van der Waals surface area contributed by atoms with Crippen molar-refractivity contribution in [3.63, 3.8) is 0 Å². The minimum Gasteiger partial charge on any atom is -0.380 e. The second-order valence-electron chi connectivity index (χ2n) is 2.23. The topological polar surface area (TPSA) is 69.4 Å². The number of methoxy groups -OCH3 is 1. The minimum absolute atomic E-state index is 0.352. The number of rotatable bonds is 3. The van der Waals surface area contributed by atoms with Crippen molar-refractivity contribution in [2.75, 3.05) is 7.11 Å². The Balaban J connectivity index is 4.23. The Morgan fingerprint density at radius 3 is 1.90 bits per heavy atom. The fourth-order valence-electron chi connectivity index (χ4n) is 0.459. The van der Waals surface area contributed by atoms with Crippen LogP contribution in [0.4, 0.5) is 0 Å². The summed E-state index contributed by atoms with van der Waals surface area (Å²) in [7, 11) is -1.99. The van der Waals surface area contributed by atoms with Crippen molar-refractivity contribution in [1.82, 2.24) is 0 Å². The van der Waals surface area contributed by atoms with Gasteiger partial charge in [-0.2, -0.15) is 0 Å².